The van der Waals surface area contributed by atoms with Gasteiger partial charge in [-0.1, -0.05) is 19.1 Å². The van der Waals surface area contributed by atoms with Crippen LogP contribution < -0.4 is 0 Å². The maximum atomic E-state index is 10.4. The normalized spacial score (nSPS) is 18.8. The second-order valence-corrected chi connectivity index (χ2v) is 6.24. The Bertz CT molecular complexity index is 876. The van der Waals surface area contributed by atoms with Gasteiger partial charge in [0.05, 0.1) is 0 Å². The van der Waals surface area contributed by atoms with Crippen molar-refractivity contribution in [2.45, 2.75) is 12.3 Å². The molecular formula is C19H18O6. The van der Waals surface area contributed by atoms with Gasteiger partial charge in [-0.25, -0.2) is 0 Å². The highest BCUT2D eigenvalue weighted by Crippen LogP contribution is 2.52. The summed E-state index contributed by atoms with van der Waals surface area (Å²) in [5.74, 6) is -1.89. The van der Waals surface area contributed by atoms with Gasteiger partial charge in [0.25, 0.3) is 0 Å². The van der Waals surface area contributed by atoms with Gasteiger partial charge >= 0.3 is 0 Å². The summed E-state index contributed by atoms with van der Waals surface area (Å²) >= 11 is 0. The fraction of sp³-hybridized carbons (Fsp3) is 0.158. The molecule has 0 spiro atoms. The minimum absolute atomic E-state index is 0.0206. The van der Waals surface area contributed by atoms with Gasteiger partial charge in [-0.15, -0.1) is 0 Å². The summed E-state index contributed by atoms with van der Waals surface area (Å²) in [6.45, 7) is 1.68. The van der Waals surface area contributed by atoms with Crippen LogP contribution in [0.2, 0.25) is 0 Å². The fourth-order valence-corrected chi connectivity index (χ4v) is 3.43. The van der Waals surface area contributed by atoms with E-state index in [1.54, 1.807) is 13.0 Å². The Morgan fingerprint density at radius 1 is 0.800 bits per heavy atom. The lowest BCUT2D eigenvalue weighted by molar-refractivity contribution is 0.366. The SMILES string of the molecule is CC(c1ccc(O)cc1O)(c1c(O)cc(O)cc1O)C1C=CC(O)=C1. The Morgan fingerprint density at radius 2 is 1.40 bits per heavy atom. The van der Waals surface area contributed by atoms with E-state index in [-0.39, 0.29) is 40.1 Å². The molecule has 0 amide bonds. The van der Waals surface area contributed by atoms with Crippen molar-refractivity contribution in [3.63, 3.8) is 0 Å². The summed E-state index contributed by atoms with van der Waals surface area (Å²) in [7, 11) is 0. The Morgan fingerprint density at radius 3 is 1.92 bits per heavy atom. The average molecular weight is 342 g/mol. The van der Waals surface area contributed by atoms with Crippen LogP contribution in [0.25, 0.3) is 0 Å². The topological polar surface area (TPSA) is 121 Å². The molecule has 2 atom stereocenters. The van der Waals surface area contributed by atoms with Gasteiger partial charge in [-0.2, -0.15) is 0 Å². The summed E-state index contributed by atoms with van der Waals surface area (Å²) in [6.07, 6.45) is 4.68. The van der Waals surface area contributed by atoms with Crippen molar-refractivity contribution in [1.29, 1.82) is 0 Å². The maximum absolute atomic E-state index is 10.4. The van der Waals surface area contributed by atoms with Crippen LogP contribution in [0.15, 0.2) is 54.3 Å². The van der Waals surface area contributed by atoms with Crippen LogP contribution in [0, 0.1) is 5.92 Å². The Balaban J connectivity index is 2.33. The second-order valence-electron chi connectivity index (χ2n) is 6.24. The van der Waals surface area contributed by atoms with Crippen molar-refractivity contribution in [1.82, 2.24) is 0 Å². The minimum Gasteiger partial charge on any atom is -0.508 e. The summed E-state index contributed by atoms with van der Waals surface area (Å²) in [4.78, 5) is 0. The molecular weight excluding hydrogens is 324 g/mol. The van der Waals surface area contributed by atoms with Gasteiger partial charge in [0.15, 0.2) is 0 Å². The van der Waals surface area contributed by atoms with E-state index in [0.717, 1.165) is 18.2 Å². The van der Waals surface area contributed by atoms with Gasteiger partial charge in [0, 0.05) is 40.7 Å². The van der Waals surface area contributed by atoms with Crippen LogP contribution in [0.4, 0.5) is 0 Å². The van der Waals surface area contributed by atoms with E-state index >= 15 is 0 Å². The summed E-state index contributed by atoms with van der Waals surface area (Å²) in [6, 6.07) is 6.20. The molecule has 0 aromatic heterocycles. The first-order valence-corrected chi connectivity index (χ1v) is 7.60. The van der Waals surface area contributed by atoms with E-state index in [0.29, 0.717) is 5.56 Å². The van der Waals surface area contributed by atoms with Gasteiger partial charge in [-0.05, 0) is 18.2 Å². The molecule has 2 aromatic rings. The molecule has 6 heteroatoms. The Labute approximate surface area is 143 Å². The lowest BCUT2D eigenvalue weighted by atomic mass is 9.66. The fourth-order valence-electron chi connectivity index (χ4n) is 3.43. The maximum Gasteiger partial charge on any atom is 0.127 e. The summed E-state index contributed by atoms with van der Waals surface area (Å²) in [5, 5.41) is 60.0. The first kappa shape index (κ1) is 16.6. The van der Waals surface area contributed by atoms with Crippen molar-refractivity contribution in [3.05, 3.63) is 65.4 Å². The number of aliphatic hydroxyl groups is 1. The number of hydrogen-bond acceptors (Lipinski definition) is 6. The molecule has 0 saturated heterocycles. The first-order valence-electron chi connectivity index (χ1n) is 7.60. The second kappa shape index (κ2) is 5.66. The predicted molar refractivity (Wildman–Crippen MR) is 91.0 cm³/mol. The number of allylic oxidation sites excluding steroid dienone is 3. The van der Waals surface area contributed by atoms with Crippen molar-refractivity contribution in [2.75, 3.05) is 0 Å². The molecule has 0 aliphatic heterocycles. The van der Waals surface area contributed by atoms with Gasteiger partial charge in [0.1, 0.15) is 34.5 Å². The summed E-state index contributed by atoms with van der Waals surface area (Å²) < 4.78 is 0. The molecule has 25 heavy (non-hydrogen) atoms. The number of aromatic hydroxyl groups is 5. The molecule has 2 aromatic carbocycles. The van der Waals surface area contributed by atoms with Crippen LogP contribution in [0.1, 0.15) is 18.1 Å². The number of phenolic OH excluding ortho intramolecular Hbond substituents is 5. The number of aliphatic hydroxyl groups excluding tert-OH is 1. The van der Waals surface area contributed by atoms with Crippen LogP contribution in [-0.2, 0) is 5.41 Å². The molecule has 6 N–H and O–H groups in total. The molecule has 130 valence electrons. The zero-order chi connectivity index (χ0) is 18.4. The zero-order valence-corrected chi connectivity index (χ0v) is 13.4. The van der Waals surface area contributed by atoms with E-state index in [9.17, 15) is 30.6 Å². The lowest BCUT2D eigenvalue weighted by Crippen LogP contribution is -2.31. The molecule has 3 rings (SSSR count). The van der Waals surface area contributed by atoms with Crippen molar-refractivity contribution >= 4 is 0 Å². The van der Waals surface area contributed by atoms with E-state index < -0.39 is 11.3 Å². The van der Waals surface area contributed by atoms with Crippen molar-refractivity contribution < 1.29 is 30.6 Å². The van der Waals surface area contributed by atoms with Crippen LogP contribution >= 0.6 is 0 Å². The molecule has 2 unspecified atom stereocenters. The van der Waals surface area contributed by atoms with E-state index in [4.69, 9.17) is 0 Å². The monoisotopic (exact) mass is 342 g/mol. The molecule has 0 radical (unpaired) electrons. The van der Waals surface area contributed by atoms with Gasteiger partial charge < -0.3 is 30.6 Å². The molecule has 0 bridgehead atoms. The van der Waals surface area contributed by atoms with E-state index in [1.807, 2.05) is 0 Å². The van der Waals surface area contributed by atoms with E-state index in [2.05, 4.69) is 0 Å². The van der Waals surface area contributed by atoms with Crippen LogP contribution in [-0.4, -0.2) is 30.6 Å². The molecule has 0 fully saturated rings. The van der Waals surface area contributed by atoms with Crippen LogP contribution in [0.5, 0.6) is 28.7 Å². The number of phenols is 5. The lowest BCUT2D eigenvalue weighted by Gasteiger charge is -2.36. The smallest absolute Gasteiger partial charge is 0.127 e. The molecule has 1 aliphatic carbocycles. The highest BCUT2D eigenvalue weighted by Gasteiger charge is 2.42. The Hall–Kier alpha value is -3.28. The predicted octanol–water partition coefficient (Wildman–Crippen LogP) is 3.15. The van der Waals surface area contributed by atoms with Gasteiger partial charge in [-0.3, -0.25) is 0 Å². The third kappa shape index (κ3) is 2.61. The zero-order valence-electron chi connectivity index (χ0n) is 13.4. The van der Waals surface area contributed by atoms with Crippen molar-refractivity contribution in [2.24, 2.45) is 5.92 Å². The molecule has 6 nitrogen and oxygen atoms in total. The minimum atomic E-state index is -1.19. The molecule has 1 aliphatic rings. The standard InChI is InChI=1S/C19H18O6/c1-19(10-2-3-11(20)6-10,14-5-4-12(21)7-15(14)23)18-16(24)8-13(22)9-17(18)25/h2-10,20-25H,1H3. The van der Waals surface area contributed by atoms with Crippen LogP contribution in [0.3, 0.4) is 0 Å². The van der Waals surface area contributed by atoms with Gasteiger partial charge in [0.2, 0.25) is 0 Å². The quantitative estimate of drug-likeness (QED) is 0.510. The number of hydrogen-bond donors (Lipinski definition) is 6. The largest absolute Gasteiger partial charge is 0.508 e. The summed E-state index contributed by atoms with van der Waals surface area (Å²) in [5.41, 5.74) is -0.797. The third-order valence-corrected chi connectivity index (χ3v) is 4.63. The third-order valence-electron chi connectivity index (χ3n) is 4.63. The Kier molecular flexibility index (Phi) is 3.75. The first-order chi connectivity index (χ1) is 11.7. The molecule has 0 saturated carbocycles. The molecule has 0 heterocycles. The highest BCUT2D eigenvalue weighted by atomic mass is 16.3. The number of benzene rings is 2. The van der Waals surface area contributed by atoms with E-state index in [1.165, 1.54) is 24.3 Å². The number of rotatable bonds is 3. The average Bonchev–Trinajstić information content (AvgIpc) is 2.93. The highest BCUT2D eigenvalue weighted by molar-refractivity contribution is 5.61. The van der Waals surface area contributed by atoms with Crippen molar-refractivity contribution in [3.8, 4) is 28.7 Å².